The van der Waals surface area contributed by atoms with E-state index in [9.17, 15) is 13.2 Å². The quantitative estimate of drug-likeness (QED) is 0.719. The summed E-state index contributed by atoms with van der Waals surface area (Å²) in [7, 11) is -3.44. The van der Waals surface area contributed by atoms with Crippen LogP contribution in [0.5, 0.6) is 0 Å². The highest BCUT2D eigenvalue weighted by Gasteiger charge is 2.20. The summed E-state index contributed by atoms with van der Waals surface area (Å²) in [6, 6.07) is 5.33. The number of carbonyl (C=O) groups excluding carboxylic acids is 1. The van der Waals surface area contributed by atoms with Crippen LogP contribution < -0.4 is 9.62 Å². The van der Waals surface area contributed by atoms with Gasteiger partial charge in [-0.25, -0.2) is 8.42 Å². The molecule has 1 N–H and O–H groups in total. The maximum absolute atomic E-state index is 12.1. The van der Waals surface area contributed by atoms with Gasteiger partial charge in [-0.05, 0) is 43.9 Å². The Morgan fingerprint density at radius 3 is 2.46 bits per heavy atom. The van der Waals surface area contributed by atoms with Gasteiger partial charge < -0.3 is 5.32 Å². The molecule has 0 fully saturated rings. The van der Waals surface area contributed by atoms with Gasteiger partial charge in [-0.3, -0.25) is 9.10 Å². The van der Waals surface area contributed by atoms with Gasteiger partial charge in [0, 0.05) is 24.0 Å². The van der Waals surface area contributed by atoms with Crippen molar-refractivity contribution >= 4 is 33.2 Å². The highest BCUT2D eigenvalue weighted by atomic mass is 35.5. The van der Waals surface area contributed by atoms with Gasteiger partial charge in [0.2, 0.25) is 15.9 Å². The zero-order valence-corrected chi connectivity index (χ0v) is 16.4. The Kier molecular flexibility index (Phi) is 8.03. The van der Waals surface area contributed by atoms with E-state index >= 15 is 0 Å². The van der Waals surface area contributed by atoms with Crippen molar-refractivity contribution in [1.82, 2.24) is 5.32 Å². The van der Waals surface area contributed by atoms with Crippen LogP contribution in [0.3, 0.4) is 0 Å². The van der Waals surface area contributed by atoms with E-state index in [1.807, 2.05) is 20.8 Å². The second-order valence-electron chi connectivity index (χ2n) is 5.95. The summed E-state index contributed by atoms with van der Waals surface area (Å²) in [6.45, 7) is 6.14. The van der Waals surface area contributed by atoms with Crippen LogP contribution in [0.15, 0.2) is 18.2 Å². The first-order valence-corrected chi connectivity index (χ1v) is 10.4. The summed E-state index contributed by atoms with van der Waals surface area (Å²) < 4.78 is 25.6. The average molecular weight is 375 g/mol. The van der Waals surface area contributed by atoms with Crippen molar-refractivity contribution in [2.75, 3.05) is 17.1 Å². The number of nitrogens with one attached hydrogen (secondary N) is 1. The van der Waals surface area contributed by atoms with Crippen LogP contribution in [0, 0.1) is 6.92 Å². The highest BCUT2D eigenvalue weighted by Crippen LogP contribution is 2.26. The van der Waals surface area contributed by atoms with Gasteiger partial charge in [-0.2, -0.15) is 0 Å². The van der Waals surface area contributed by atoms with Crippen molar-refractivity contribution < 1.29 is 13.2 Å². The predicted octanol–water partition coefficient (Wildman–Crippen LogP) is 3.50. The fraction of sp³-hybridized carbons (Fsp3) is 0.588. The molecular weight excluding hydrogens is 348 g/mol. The number of hydrogen-bond donors (Lipinski definition) is 1. The molecule has 0 heterocycles. The van der Waals surface area contributed by atoms with Gasteiger partial charge in [-0.15, -0.1) is 0 Å². The summed E-state index contributed by atoms with van der Waals surface area (Å²) in [4.78, 5) is 12.0. The molecule has 1 aromatic rings. The Morgan fingerprint density at radius 2 is 1.92 bits per heavy atom. The normalized spacial score (nSPS) is 11.6. The summed E-state index contributed by atoms with van der Waals surface area (Å²) in [5.41, 5.74) is 1.39. The molecule has 136 valence electrons. The van der Waals surface area contributed by atoms with E-state index in [4.69, 9.17) is 11.6 Å². The van der Waals surface area contributed by atoms with Gasteiger partial charge in [-0.1, -0.05) is 31.5 Å². The third-order valence-electron chi connectivity index (χ3n) is 3.96. The maximum atomic E-state index is 12.1. The van der Waals surface area contributed by atoms with E-state index < -0.39 is 10.0 Å². The Labute approximate surface area is 150 Å². The minimum absolute atomic E-state index is 0.0417. The Balaban J connectivity index is 2.76. The molecular formula is C17H27ClN2O3S. The standard InChI is InChI=1S/C17H27ClN2O3S/c1-5-15(6-2)19-17(21)8-7-11-20(24(4,22)23)16-12-14(18)10-9-13(16)3/h9-10,12,15H,5-8,11H2,1-4H3,(H,19,21). The molecule has 0 saturated heterocycles. The highest BCUT2D eigenvalue weighted by molar-refractivity contribution is 7.92. The number of benzene rings is 1. The minimum atomic E-state index is -3.44. The zero-order chi connectivity index (χ0) is 18.3. The van der Waals surface area contributed by atoms with Crippen LogP contribution in [0.2, 0.25) is 5.02 Å². The van der Waals surface area contributed by atoms with Gasteiger partial charge in [0.1, 0.15) is 0 Å². The van der Waals surface area contributed by atoms with Crippen molar-refractivity contribution in [2.24, 2.45) is 0 Å². The van der Waals surface area contributed by atoms with Crippen LogP contribution in [-0.4, -0.2) is 33.2 Å². The molecule has 1 amide bonds. The number of amides is 1. The fourth-order valence-electron chi connectivity index (χ4n) is 2.49. The largest absolute Gasteiger partial charge is 0.353 e. The van der Waals surface area contributed by atoms with Gasteiger partial charge in [0.25, 0.3) is 0 Å². The van der Waals surface area contributed by atoms with Crippen LogP contribution >= 0.6 is 11.6 Å². The summed E-state index contributed by atoms with van der Waals surface area (Å²) in [6.07, 6.45) is 3.68. The molecule has 1 rings (SSSR count). The molecule has 0 unspecified atom stereocenters. The molecule has 5 nitrogen and oxygen atoms in total. The smallest absolute Gasteiger partial charge is 0.232 e. The Morgan fingerprint density at radius 1 is 1.29 bits per heavy atom. The van der Waals surface area contributed by atoms with E-state index in [1.54, 1.807) is 18.2 Å². The van der Waals surface area contributed by atoms with E-state index in [0.717, 1.165) is 24.7 Å². The van der Waals surface area contributed by atoms with Crippen molar-refractivity contribution in [1.29, 1.82) is 0 Å². The number of aryl methyl sites for hydroxylation is 1. The maximum Gasteiger partial charge on any atom is 0.232 e. The van der Waals surface area contributed by atoms with Crippen molar-refractivity contribution in [3.63, 3.8) is 0 Å². The van der Waals surface area contributed by atoms with Crippen LogP contribution in [0.25, 0.3) is 0 Å². The minimum Gasteiger partial charge on any atom is -0.353 e. The third-order valence-corrected chi connectivity index (χ3v) is 5.37. The lowest BCUT2D eigenvalue weighted by Crippen LogP contribution is -2.35. The first kappa shape index (κ1) is 20.8. The lowest BCUT2D eigenvalue weighted by molar-refractivity contribution is -0.121. The Hall–Kier alpha value is -1.27. The molecule has 0 bridgehead atoms. The number of sulfonamides is 1. The number of anilines is 1. The molecule has 1 aromatic carbocycles. The lowest BCUT2D eigenvalue weighted by atomic mass is 10.1. The van der Waals surface area contributed by atoms with Crippen LogP contribution in [0.1, 0.15) is 45.1 Å². The first-order valence-electron chi connectivity index (χ1n) is 8.22. The zero-order valence-electron chi connectivity index (χ0n) is 14.8. The number of nitrogens with zero attached hydrogens (tertiary/aromatic N) is 1. The first-order chi connectivity index (χ1) is 11.2. The average Bonchev–Trinajstić information content (AvgIpc) is 2.50. The van der Waals surface area contributed by atoms with Crippen molar-refractivity contribution in [2.45, 2.75) is 52.5 Å². The molecule has 0 saturated carbocycles. The number of carbonyl (C=O) groups is 1. The van der Waals surface area contributed by atoms with Crippen LogP contribution in [-0.2, 0) is 14.8 Å². The second-order valence-corrected chi connectivity index (χ2v) is 8.29. The molecule has 0 aromatic heterocycles. The van der Waals surface area contributed by atoms with E-state index in [0.29, 0.717) is 23.6 Å². The van der Waals surface area contributed by atoms with Crippen molar-refractivity contribution in [3.05, 3.63) is 28.8 Å². The van der Waals surface area contributed by atoms with Gasteiger partial charge in [0.05, 0.1) is 11.9 Å². The molecule has 0 radical (unpaired) electrons. The van der Waals surface area contributed by atoms with Crippen LogP contribution in [0.4, 0.5) is 5.69 Å². The number of rotatable bonds is 9. The van der Waals surface area contributed by atoms with E-state index in [2.05, 4.69) is 5.32 Å². The Bertz CT molecular complexity index is 658. The summed E-state index contributed by atoms with van der Waals surface area (Å²) in [5.74, 6) is -0.0417. The second kappa shape index (κ2) is 9.28. The number of halogens is 1. The van der Waals surface area contributed by atoms with E-state index in [-0.39, 0.29) is 18.5 Å². The molecule has 7 heteroatoms. The summed E-state index contributed by atoms with van der Waals surface area (Å²) >= 11 is 6.00. The fourth-order valence-corrected chi connectivity index (χ4v) is 3.67. The summed E-state index contributed by atoms with van der Waals surface area (Å²) in [5, 5.41) is 3.44. The third kappa shape index (κ3) is 6.32. The molecule has 0 spiro atoms. The van der Waals surface area contributed by atoms with Gasteiger partial charge in [0.15, 0.2) is 0 Å². The molecule has 0 atom stereocenters. The monoisotopic (exact) mass is 374 g/mol. The molecule has 24 heavy (non-hydrogen) atoms. The molecule has 0 aliphatic heterocycles. The number of hydrogen-bond acceptors (Lipinski definition) is 3. The molecule has 0 aliphatic carbocycles. The lowest BCUT2D eigenvalue weighted by Gasteiger charge is -2.24. The van der Waals surface area contributed by atoms with E-state index in [1.165, 1.54) is 4.31 Å². The molecule has 0 aliphatic rings. The van der Waals surface area contributed by atoms with Gasteiger partial charge >= 0.3 is 0 Å². The SMILES string of the molecule is CCC(CC)NC(=O)CCCN(c1cc(Cl)ccc1C)S(C)(=O)=O. The topological polar surface area (TPSA) is 66.5 Å². The van der Waals surface area contributed by atoms with Crippen molar-refractivity contribution in [3.8, 4) is 0 Å². The predicted molar refractivity (Wildman–Crippen MR) is 100 cm³/mol.